The Balaban J connectivity index is 1.54. The summed E-state index contributed by atoms with van der Waals surface area (Å²) in [6.45, 7) is 4.32. The number of aromatic nitrogens is 5. The standard InChI is InChI=1S/C21H20N6O2S/c1-14-8-15(2)10-17(9-14)24-20(28)19(16-6-4-3-5-7-16)30-21-26-25-18(29-21)11-27-13-22-12-23-27/h3-10,12-13,19H,11H2,1-2H3,(H,24,28). The van der Waals surface area contributed by atoms with E-state index in [9.17, 15) is 4.79 Å². The predicted molar refractivity (Wildman–Crippen MR) is 113 cm³/mol. The molecular weight excluding hydrogens is 400 g/mol. The lowest BCUT2D eigenvalue weighted by atomic mass is 10.1. The van der Waals surface area contributed by atoms with Gasteiger partial charge in [0.2, 0.25) is 11.8 Å². The van der Waals surface area contributed by atoms with Crippen molar-refractivity contribution >= 4 is 23.4 Å². The zero-order valence-electron chi connectivity index (χ0n) is 16.5. The summed E-state index contributed by atoms with van der Waals surface area (Å²) in [5.41, 5.74) is 3.78. The number of hydrogen-bond acceptors (Lipinski definition) is 7. The van der Waals surface area contributed by atoms with Crippen LogP contribution in [-0.2, 0) is 11.3 Å². The molecule has 0 aliphatic rings. The number of anilines is 1. The number of hydrogen-bond donors (Lipinski definition) is 1. The largest absolute Gasteiger partial charge is 0.414 e. The molecule has 2 aromatic heterocycles. The summed E-state index contributed by atoms with van der Waals surface area (Å²) >= 11 is 1.21. The molecule has 0 aliphatic heterocycles. The summed E-state index contributed by atoms with van der Waals surface area (Å²) in [5.74, 6) is 0.233. The van der Waals surface area contributed by atoms with E-state index in [4.69, 9.17) is 4.42 Å². The number of aryl methyl sites for hydroxylation is 2. The first-order valence-electron chi connectivity index (χ1n) is 9.32. The Kier molecular flexibility index (Phi) is 5.89. The lowest BCUT2D eigenvalue weighted by Crippen LogP contribution is -2.19. The minimum atomic E-state index is -0.549. The average molecular weight is 420 g/mol. The Morgan fingerprint density at radius 3 is 2.60 bits per heavy atom. The molecule has 0 fully saturated rings. The number of benzene rings is 2. The van der Waals surface area contributed by atoms with E-state index in [1.165, 1.54) is 18.1 Å². The third-order valence-corrected chi connectivity index (χ3v) is 5.35. The molecule has 0 bridgehead atoms. The summed E-state index contributed by atoms with van der Waals surface area (Å²) in [6, 6.07) is 15.5. The highest BCUT2D eigenvalue weighted by molar-refractivity contribution is 8.00. The predicted octanol–water partition coefficient (Wildman–Crippen LogP) is 3.80. The van der Waals surface area contributed by atoms with Gasteiger partial charge in [-0.1, -0.05) is 36.4 Å². The van der Waals surface area contributed by atoms with E-state index in [1.54, 1.807) is 11.0 Å². The second kappa shape index (κ2) is 8.91. The molecule has 0 radical (unpaired) electrons. The van der Waals surface area contributed by atoms with Gasteiger partial charge in [0.15, 0.2) is 0 Å². The van der Waals surface area contributed by atoms with Crippen LogP contribution < -0.4 is 5.32 Å². The van der Waals surface area contributed by atoms with E-state index in [0.29, 0.717) is 17.7 Å². The van der Waals surface area contributed by atoms with Crippen molar-refractivity contribution in [2.75, 3.05) is 5.32 Å². The number of amides is 1. The Morgan fingerprint density at radius 1 is 1.13 bits per heavy atom. The van der Waals surface area contributed by atoms with E-state index in [0.717, 1.165) is 22.4 Å². The number of nitrogens with zero attached hydrogens (tertiary/aromatic N) is 5. The molecule has 2 aromatic carbocycles. The molecule has 0 spiro atoms. The second-order valence-corrected chi connectivity index (χ2v) is 7.89. The van der Waals surface area contributed by atoms with Crippen LogP contribution in [0.1, 0.15) is 27.8 Å². The summed E-state index contributed by atoms with van der Waals surface area (Å²) in [6.07, 6.45) is 3.01. The highest BCUT2D eigenvalue weighted by Gasteiger charge is 2.25. The highest BCUT2D eigenvalue weighted by atomic mass is 32.2. The minimum Gasteiger partial charge on any atom is -0.414 e. The van der Waals surface area contributed by atoms with Gasteiger partial charge in [-0.25, -0.2) is 9.67 Å². The van der Waals surface area contributed by atoms with Gasteiger partial charge in [-0.3, -0.25) is 4.79 Å². The van der Waals surface area contributed by atoms with Crippen molar-refractivity contribution in [1.29, 1.82) is 0 Å². The minimum absolute atomic E-state index is 0.160. The first-order valence-corrected chi connectivity index (χ1v) is 10.2. The summed E-state index contributed by atoms with van der Waals surface area (Å²) < 4.78 is 7.31. The molecule has 152 valence electrons. The van der Waals surface area contributed by atoms with Crippen LogP contribution in [0.15, 0.2) is 70.8 Å². The second-order valence-electron chi connectivity index (χ2n) is 6.83. The SMILES string of the molecule is Cc1cc(C)cc(NC(=O)C(Sc2nnc(Cn3cncn3)o2)c2ccccc2)c1. The van der Waals surface area contributed by atoms with Crippen molar-refractivity contribution in [3.05, 3.63) is 83.8 Å². The third kappa shape index (κ3) is 4.93. The van der Waals surface area contributed by atoms with Crippen molar-refractivity contribution in [1.82, 2.24) is 25.0 Å². The molecule has 2 heterocycles. The van der Waals surface area contributed by atoms with Crippen LogP contribution in [0.4, 0.5) is 5.69 Å². The topological polar surface area (TPSA) is 98.7 Å². The molecule has 0 aliphatic carbocycles. The van der Waals surface area contributed by atoms with Crippen molar-refractivity contribution in [3.8, 4) is 0 Å². The van der Waals surface area contributed by atoms with Gasteiger partial charge in [-0.15, -0.1) is 10.2 Å². The molecule has 4 rings (SSSR count). The van der Waals surface area contributed by atoms with Gasteiger partial charge in [0.25, 0.3) is 5.22 Å². The molecule has 4 aromatic rings. The summed E-state index contributed by atoms with van der Waals surface area (Å²) in [5, 5.41) is 14.9. The molecule has 1 N–H and O–H groups in total. The van der Waals surface area contributed by atoms with Crippen LogP contribution >= 0.6 is 11.8 Å². The monoisotopic (exact) mass is 420 g/mol. The number of thioether (sulfide) groups is 1. The number of nitrogens with one attached hydrogen (secondary N) is 1. The average Bonchev–Trinajstić information content (AvgIpc) is 3.38. The van der Waals surface area contributed by atoms with Crippen LogP contribution in [0.25, 0.3) is 0 Å². The lowest BCUT2D eigenvalue weighted by molar-refractivity contribution is -0.115. The molecule has 30 heavy (non-hydrogen) atoms. The van der Waals surface area contributed by atoms with Crippen molar-refractivity contribution < 1.29 is 9.21 Å². The zero-order valence-corrected chi connectivity index (χ0v) is 17.3. The van der Waals surface area contributed by atoms with Gasteiger partial charge < -0.3 is 9.73 Å². The molecule has 0 saturated heterocycles. The molecule has 1 unspecified atom stereocenters. The van der Waals surface area contributed by atoms with Gasteiger partial charge in [0, 0.05) is 5.69 Å². The molecular formula is C21H20N6O2S. The Labute approximate surface area is 177 Å². The van der Waals surface area contributed by atoms with Crippen LogP contribution in [0.2, 0.25) is 0 Å². The molecule has 0 saturated carbocycles. The highest BCUT2D eigenvalue weighted by Crippen LogP contribution is 2.35. The molecule has 8 nitrogen and oxygen atoms in total. The van der Waals surface area contributed by atoms with Crippen LogP contribution in [0, 0.1) is 13.8 Å². The summed E-state index contributed by atoms with van der Waals surface area (Å²) in [7, 11) is 0. The van der Waals surface area contributed by atoms with Gasteiger partial charge in [0.1, 0.15) is 24.4 Å². The maximum absolute atomic E-state index is 13.2. The van der Waals surface area contributed by atoms with E-state index in [1.807, 2.05) is 56.3 Å². The van der Waals surface area contributed by atoms with E-state index in [-0.39, 0.29) is 5.91 Å². The first kappa shape index (κ1) is 19.8. The van der Waals surface area contributed by atoms with Crippen LogP contribution in [0.5, 0.6) is 0 Å². The fourth-order valence-corrected chi connectivity index (χ4v) is 3.95. The van der Waals surface area contributed by atoms with E-state index < -0.39 is 5.25 Å². The maximum Gasteiger partial charge on any atom is 0.277 e. The Hall–Kier alpha value is -3.46. The third-order valence-electron chi connectivity index (χ3n) is 4.26. The maximum atomic E-state index is 13.2. The quantitative estimate of drug-likeness (QED) is 0.454. The lowest BCUT2D eigenvalue weighted by Gasteiger charge is -2.16. The number of carbonyl (C=O) groups is 1. The van der Waals surface area contributed by atoms with Crippen molar-refractivity contribution in [2.45, 2.75) is 30.9 Å². The molecule has 9 heteroatoms. The normalized spacial score (nSPS) is 11.9. The Bertz CT molecular complexity index is 1110. The number of rotatable bonds is 7. The van der Waals surface area contributed by atoms with Crippen molar-refractivity contribution in [3.63, 3.8) is 0 Å². The molecule has 1 atom stereocenters. The fraction of sp³-hybridized carbons (Fsp3) is 0.190. The van der Waals surface area contributed by atoms with Gasteiger partial charge >= 0.3 is 0 Å². The molecule has 1 amide bonds. The number of carbonyl (C=O) groups excluding carboxylic acids is 1. The fourth-order valence-electron chi connectivity index (χ4n) is 3.06. The first-order chi connectivity index (χ1) is 14.6. The van der Waals surface area contributed by atoms with Crippen LogP contribution in [-0.4, -0.2) is 30.9 Å². The van der Waals surface area contributed by atoms with Crippen molar-refractivity contribution in [2.24, 2.45) is 0 Å². The summed E-state index contributed by atoms with van der Waals surface area (Å²) in [4.78, 5) is 17.1. The van der Waals surface area contributed by atoms with Gasteiger partial charge in [0.05, 0.1) is 0 Å². The van der Waals surface area contributed by atoms with E-state index in [2.05, 4.69) is 31.7 Å². The van der Waals surface area contributed by atoms with Gasteiger partial charge in [-0.2, -0.15) is 5.10 Å². The van der Waals surface area contributed by atoms with Gasteiger partial charge in [-0.05, 0) is 54.4 Å². The smallest absolute Gasteiger partial charge is 0.277 e. The van der Waals surface area contributed by atoms with Crippen LogP contribution in [0.3, 0.4) is 0 Å². The Morgan fingerprint density at radius 2 is 1.90 bits per heavy atom. The van der Waals surface area contributed by atoms with E-state index >= 15 is 0 Å². The zero-order chi connectivity index (χ0) is 20.9.